The van der Waals surface area contributed by atoms with Gasteiger partial charge < -0.3 is 24.7 Å². The summed E-state index contributed by atoms with van der Waals surface area (Å²) < 4.78 is 46.9. The van der Waals surface area contributed by atoms with Gasteiger partial charge in [0.05, 0.1) is 7.11 Å². The first-order valence-corrected chi connectivity index (χ1v) is 9.51. The third kappa shape index (κ3) is 6.89. The van der Waals surface area contributed by atoms with Gasteiger partial charge in [-0.05, 0) is 42.0 Å². The van der Waals surface area contributed by atoms with Crippen LogP contribution in [0.4, 0.5) is 29.5 Å². The van der Waals surface area contributed by atoms with Gasteiger partial charge >= 0.3 is 12.4 Å². The average molecular weight is 463 g/mol. The Labute approximate surface area is 186 Å². The maximum atomic E-state index is 12.4. The van der Waals surface area contributed by atoms with Crippen LogP contribution in [0.1, 0.15) is 16.2 Å². The molecule has 0 saturated heterocycles. The van der Waals surface area contributed by atoms with Gasteiger partial charge in [0.1, 0.15) is 11.5 Å². The third-order valence-corrected chi connectivity index (χ3v) is 4.28. The lowest BCUT2D eigenvalue weighted by molar-refractivity contribution is -0.274. The summed E-state index contributed by atoms with van der Waals surface area (Å²) >= 11 is 0. The number of alkyl halides is 3. The SMILES string of the molecule is COc1ccc(CNC(=O)c2nc(NC(=O)Nc3ccc(OC(F)(F)F)cc3)cn2C)cc1. The maximum absolute atomic E-state index is 12.4. The minimum Gasteiger partial charge on any atom is -0.497 e. The van der Waals surface area contributed by atoms with E-state index in [1.807, 2.05) is 12.1 Å². The van der Waals surface area contributed by atoms with Crippen molar-refractivity contribution in [2.75, 3.05) is 17.7 Å². The molecular weight excluding hydrogens is 443 g/mol. The normalized spacial score (nSPS) is 10.9. The molecule has 33 heavy (non-hydrogen) atoms. The fourth-order valence-corrected chi connectivity index (χ4v) is 2.76. The standard InChI is InChI=1S/C21H20F3N5O4/c1-29-12-17(27-18(29)19(30)25-11-13-3-7-15(32-2)8-4-13)28-20(31)26-14-5-9-16(10-6-14)33-21(22,23)24/h3-10,12H,11H2,1-2H3,(H,25,30)(H2,26,28,31). The number of aryl methyl sites for hydroxylation is 1. The fourth-order valence-electron chi connectivity index (χ4n) is 2.76. The molecule has 0 fully saturated rings. The molecule has 3 aromatic rings. The number of nitrogens with zero attached hydrogens (tertiary/aromatic N) is 2. The van der Waals surface area contributed by atoms with E-state index in [1.165, 1.54) is 22.9 Å². The molecular formula is C21H20F3N5O4. The number of nitrogens with one attached hydrogen (secondary N) is 3. The number of imidazole rings is 1. The van der Waals surface area contributed by atoms with Gasteiger partial charge in [-0.15, -0.1) is 13.2 Å². The second-order valence-corrected chi connectivity index (χ2v) is 6.74. The number of hydrogen-bond acceptors (Lipinski definition) is 5. The number of benzene rings is 2. The summed E-state index contributed by atoms with van der Waals surface area (Å²) in [4.78, 5) is 28.7. The van der Waals surface area contributed by atoms with E-state index in [1.54, 1.807) is 26.3 Å². The predicted molar refractivity (Wildman–Crippen MR) is 113 cm³/mol. The minimum atomic E-state index is -4.80. The van der Waals surface area contributed by atoms with Crippen LogP contribution in [-0.2, 0) is 13.6 Å². The number of carbonyl (C=O) groups is 2. The van der Waals surface area contributed by atoms with Gasteiger partial charge in [-0.3, -0.25) is 10.1 Å². The first-order valence-electron chi connectivity index (χ1n) is 9.51. The highest BCUT2D eigenvalue weighted by Gasteiger charge is 2.31. The van der Waals surface area contributed by atoms with Crippen LogP contribution in [0.25, 0.3) is 0 Å². The van der Waals surface area contributed by atoms with Crippen molar-refractivity contribution in [2.45, 2.75) is 12.9 Å². The highest BCUT2D eigenvalue weighted by atomic mass is 19.4. The number of carbonyl (C=O) groups excluding carboxylic acids is 2. The van der Waals surface area contributed by atoms with E-state index in [9.17, 15) is 22.8 Å². The van der Waals surface area contributed by atoms with Crippen LogP contribution in [-0.4, -0.2) is 35.0 Å². The minimum absolute atomic E-state index is 0.0764. The molecule has 0 bridgehead atoms. The highest BCUT2D eigenvalue weighted by molar-refractivity contribution is 5.99. The van der Waals surface area contributed by atoms with Crippen LogP contribution < -0.4 is 25.4 Å². The average Bonchev–Trinajstić information content (AvgIpc) is 3.12. The van der Waals surface area contributed by atoms with Crippen LogP contribution in [0.15, 0.2) is 54.7 Å². The Morgan fingerprint density at radius 2 is 1.64 bits per heavy atom. The molecule has 3 rings (SSSR count). The van der Waals surface area contributed by atoms with E-state index < -0.39 is 24.1 Å². The number of rotatable bonds is 7. The van der Waals surface area contributed by atoms with Gasteiger partial charge in [0.25, 0.3) is 5.91 Å². The van der Waals surface area contributed by atoms with Gasteiger partial charge in [-0.25, -0.2) is 9.78 Å². The Kier molecular flexibility index (Phi) is 7.06. The second-order valence-electron chi connectivity index (χ2n) is 6.74. The van der Waals surface area contributed by atoms with Crippen LogP contribution in [0.3, 0.4) is 0 Å². The summed E-state index contributed by atoms with van der Waals surface area (Å²) in [5.74, 6) is 0.0355. The zero-order valence-electron chi connectivity index (χ0n) is 17.6. The molecule has 1 aromatic heterocycles. The quantitative estimate of drug-likeness (QED) is 0.493. The molecule has 0 atom stereocenters. The Hall–Kier alpha value is -4.22. The van der Waals surface area contributed by atoms with Crippen molar-refractivity contribution in [1.82, 2.24) is 14.9 Å². The first-order chi connectivity index (χ1) is 15.6. The molecule has 0 saturated carbocycles. The Morgan fingerprint density at radius 3 is 2.24 bits per heavy atom. The maximum Gasteiger partial charge on any atom is 0.573 e. The summed E-state index contributed by atoms with van der Waals surface area (Å²) in [5.41, 5.74) is 1.10. The summed E-state index contributed by atoms with van der Waals surface area (Å²) in [6, 6.07) is 11.1. The topological polar surface area (TPSA) is 107 Å². The van der Waals surface area contributed by atoms with Crippen molar-refractivity contribution < 1.29 is 32.2 Å². The molecule has 9 nitrogen and oxygen atoms in total. The van der Waals surface area contributed by atoms with Gasteiger partial charge in [0.2, 0.25) is 5.82 Å². The van der Waals surface area contributed by atoms with E-state index in [2.05, 4.69) is 25.7 Å². The lowest BCUT2D eigenvalue weighted by Crippen LogP contribution is -2.25. The smallest absolute Gasteiger partial charge is 0.497 e. The van der Waals surface area contributed by atoms with Crippen molar-refractivity contribution in [3.8, 4) is 11.5 Å². The highest BCUT2D eigenvalue weighted by Crippen LogP contribution is 2.24. The summed E-state index contributed by atoms with van der Waals surface area (Å²) in [7, 11) is 3.16. The second kappa shape index (κ2) is 9.94. The number of urea groups is 1. The van der Waals surface area contributed by atoms with Gasteiger partial charge in [0.15, 0.2) is 5.82 Å². The van der Waals surface area contributed by atoms with Crippen molar-refractivity contribution in [1.29, 1.82) is 0 Å². The van der Waals surface area contributed by atoms with Crippen LogP contribution >= 0.6 is 0 Å². The number of methoxy groups -OCH3 is 1. The molecule has 3 N–H and O–H groups in total. The molecule has 2 aromatic carbocycles. The zero-order valence-corrected chi connectivity index (χ0v) is 17.6. The van der Waals surface area contributed by atoms with Crippen LogP contribution in [0, 0.1) is 0 Å². The molecule has 174 valence electrons. The van der Waals surface area contributed by atoms with Gasteiger partial charge in [0, 0.05) is 25.5 Å². The molecule has 0 aliphatic heterocycles. The van der Waals surface area contributed by atoms with E-state index in [0.717, 1.165) is 17.7 Å². The van der Waals surface area contributed by atoms with Crippen LogP contribution in [0.2, 0.25) is 0 Å². The largest absolute Gasteiger partial charge is 0.573 e. The van der Waals surface area contributed by atoms with Crippen molar-refractivity contribution in [3.05, 3.63) is 66.1 Å². The molecule has 0 aliphatic rings. The fraction of sp³-hybridized carbons (Fsp3) is 0.190. The summed E-state index contributed by atoms with van der Waals surface area (Å²) in [6.45, 7) is 0.271. The molecule has 12 heteroatoms. The monoisotopic (exact) mass is 463 g/mol. The third-order valence-electron chi connectivity index (χ3n) is 4.28. The zero-order chi connectivity index (χ0) is 24.0. The van der Waals surface area contributed by atoms with E-state index in [4.69, 9.17) is 4.74 Å². The Morgan fingerprint density at radius 1 is 1.00 bits per heavy atom. The predicted octanol–water partition coefficient (Wildman–Crippen LogP) is 3.90. The molecule has 0 aliphatic carbocycles. The Balaban J connectivity index is 1.54. The summed E-state index contributed by atoms with van der Waals surface area (Å²) in [6.07, 6.45) is -3.36. The number of halogens is 3. The van der Waals surface area contributed by atoms with Crippen molar-refractivity contribution >= 4 is 23.4 Å². The molecule has 0 spiro atoms. The first kappa shape index (κ1) is 23.4. The summed E-state index contributed by atoms with van der Waals surface area (Å²) in [5, 5.41) is 7.64. The lowest BCUT2D eigenvalue weighted by Gasteiger charge is -2.10. The number of anilines is 2. The number of aromatic nitrogens is 2. The lowest BCUT2D eigenvalue weighted by atomic mass is 10.2. The van der Waals surface area contributed by atoms with Gasteiger partial charge in [-0.1, -0.05) is 12.1 Å². The van der Waals surface area contributed by atoms with Crippen LogP contribution in [0.5, 0.6) is 11.5 Å². The number of amides is 3. The molecule has 0 radical (unpaired) electrons. The van der Waals surface area contributed by atoms with Gasteiger partial charge in [-0.2, -0.15) is 0 Å². The van der Waals surface area contributed by atoms with E-state index >= 15 is 0 Å². The van der Waals surface area contributed by atoms with E-state index in [0.29, 0.717) is 5.75 Å². The number of hydrogen-bond donors (Lipinski definition) is 3. The number of ether oxygens (including phenoxy) is 2. The van der Waals surface area contributed by atoms with Crippen molar-refractivity contribution in [2.24, 2.45) is 7.05 Å². The van der Waals surface area contributed by atoms with E-state index in [-0.39, 0.29) is 23.9 Å². The Bertz CT molecular complexity index is 1110. The molecule has 0 unspecified atom stereocenters. The molecule has 3 amide bonds. The van der Waals surface area contributed by atoms with Crippen molar-refractivity contribution in [3.63, 3.8) is 0 Å². The molecule has 1 heterocycles.